The normalized spacial score (nSPS) is 15.8. The van der Waals surface area contributed by atoms with Crippen molar-refractivity contribution in [3.63, 3.8) is 0 Å². The molecule has 2 N–H and O–H groups in total. The number of hydrogen-bond donors (Lipinski definition) is 2. The van der Waals surface area contributed by atoms with Crippen LogP contribution in [0.5, 0.6) is 0 Å². The van der Waals surface area contributed by atoms with Gasteiger partial charge in [0.05, 0.1) is 5.60 Å². The Morgan fingerprint density at radius 3 is 2.21 bits per heavy atom. The minimum atomic E-state index is -0.801. The molecular weight excluding hydrogens is 397 g/mol. The van der Waals surface area contributed by atoms with Crippen LogP contribution in [0.4, 0.5) is 4.39 Å². The molecule has 0 atom stereocenters. The number of carbonyl (C=O) groups excluding carboxylic acids is 1. The molecule has 2 aromatic carbocycles. The summed E-state index contributed by atoms with van der Waals surface area (Å²) in [5.74, 6) is -0.289. The van der Waals surface area contributed by atoms with Crippen LogP contribution in [-0.2, 0) is 10.4 Å². The molecule has 0 unspecified atom stereocenters. The van der Waals surface area contributed by atoms with Gasteiger partial charge in [-0.1, -0.05) is 23.7 Å². The summed E-state index contributed by atoms with van der Waals surface area (Å²) in [6.45, 7) is 2.16. The molecule has 0 saturated carbocycles. The maximum absolute atomic E-state index is 12.9. The van der Waals surface area contributed by atoms with E-state index in [-0.39, 0.29) is 18.1 Å². The van der Waals surface area contributed by atoms with Gasteiger partial charge in [-0.25, -0.2) is 4.39 Å². The highest BCUT2D eigenvalue weighted by Gasteiger charge is 2.33. The van der Waals surface area contributed by atoms with Crippen LogP contribution in [0.25, 0.3) is 0 Å². The van der Waals surface area contributed by atoms with Crippen LogP contribution in [0.3, 0.4) is 0 Å². The van der Waals surface area contributed by atoms with Crippen molar-refractivity contribution in [3.05, 3.63) is 70.5 Å². The topological polar surface area (TPSA) is 77.8 Å². The van der Waals surface area contributed by atoms with Gasteiger partial charge in [0.1, 0.15) is 5.82 Å². The molecule has 0 aliphatic carbocycles. The van der Waals surface area contributed by atoms with E-state index in [9.17, 15) is 14.3 Å². The molecule has 5 nitrogen and oxygen atoms in total. The highest BCUT2D eigenvalue weighted by atomic mass is 35.5. The summed E-state index contributed by atoms with van der Waals surface area (Å²) in [5, 5.41) is 18.4. The molecule has 0 aromatic heterocycles. The van der Waals surface area contributed by atoms with Gasteiger partial charge in [0.25, 0.3) is 6.47 Å². The van der Waals surface area contributed by atoms with Crippen molar-refractivity contribution < 1.29 is 24.2 Å². The third kappa shape index (κ3) is 6.92. The van der Waals surface area contributed by atoms with E-state index < -0.39 is 5.60 Å². The smallest absolute Gasteiger partial charge is 0.290 e. The number of halogens is 2. The Kier molecular flexibility index (Phi) is 8.76. The van der Waals surface area contributed by atoms with Crippen LogP contribution in [0, 0.1) is 5.82 Å². The Hall–Kier alpha value is -2.28. The van der Waals surface area contributed by atoms with Gasteiger partial charge in [0.15, 0.2) is 5.78 Å². The number of likely N-dealkylation sites (tertiary alicyclic amines) is 1. The van der Waals surface area contributed by atoms with E-state index in [1.165, 1.54) is 24.3 Å². The first-order chi connectivity index (χ1) is 13.9. The second-order valence-electron chi connectivity index (χ2n) is 7.02. The molecule has 1 fully saturated rings. The molecule has 1 aliphatic rings. The number of piperidine rings is 1. The van der Waals surface area contributed by atoms with Crippen molar-refractivity contribution in [2.75, 3.05) is 19.6 Å². The highest BCUT2D eigenvalue weighted by Crippen LogP contribution is 2.33. The standard InChI is InChI=1S/C21H23ClFNO2.CH2O2/c22-18-7-5-17(6-8-18)21(26)11-14-24(15-12-21)13-1-2-20(25)16-3-9-19(23)10-4-16;2-1-3/h3-10,26H,1-2,11-15H2;1H,(H,2,3). The van der Waals surface area contributed by atoms with Gasteiger partial charge in [-0.05, 0) is 67.8 Å². The third-order valence-electron chi connectivity index (χ3n) is 5.11. The lowest BCUT2D eigenvalue weighted by atomic mass is 9.84. The fourth-order valence-corrected chi connectivity index (χ4v) is 3.56. The van der Waals surface area contributed by atoms with Gasteiger partial charge in [-0.3, -0.25) is 9.59 Å². The zero-order chi connectivity index (χ0) is 21.3. The molecule has 0 amide bonds. The number of ketones is 1. The number of hydrogen-bond acceptors (Lipinski definition) is 4. The van der Waals surface area contributed by atoms with Crippen LogP contribution in [0.15, 0.2) is 48.5 Å². The number of rotatable bonds is 6. The van der Waals surface area contributed by atoms with Gasteiger partial charge < -0.3 is 15.1 Å². The Morgan fingerprint density at radius 2 is 1.66 bits per heavy atom. The number of benzene rings is 2. The molecular formula is C22H25ClFNO4. The van der Waals surface area contributed by atoms with Crippen molar-refractivity contribution in [2.45, 2.75) is 31.3 Å². The predicted octanol–water partition coefficient (Wildman–Crippen LogP) is 4.13. The average molecular weight is 422 g/mol. The lowest BCUT2D eigenvalue weighted by Gasteiger charge is -2.38. The summed E-state index contributed by atoms with van der Waals surface area (Å²) in [5.41, 5.74) is 0.667. The first kappa shape index (κ1) is 23.0. The van der Waals surface area contributed by atoms with Crippen LogP contribution < -0.4 is 0 Å². The first-order valence-corrected chi connectivity index (χ1v) is 9.83. The molecule has 1 heterocycles. The summed E-state index contributed by atoms with van der Waals surface area (Å²) < 4.78 is 12.9. The maximum Gasteiger partial charge on any atom is 0.290 e. The van der Waals surface area contributed by atoms with E-state index in [2.05, 4.69) is 4.90 Å². The van der Waals surface area contributed by atoms with Gasteiger partial charge in [0.2, 0.25) is 0 Å². The maximum atomic E-state index is 12.9. The molecule has 1 aliphatic heterocycles. The molecule has 0 radical (unpaired) electrons. The van der Waals surface area contributed by atoms with Crippen molar-refractivity contribution in [1.82, 2.24) is 4.90 Å². The summed E-state index contributed by atoms with van der Waals surface area (Å²) in [6.07, 6.45) is 2.54. The van der Waals surface area contributed by atoms with Gasteiger partial charge in [0, 0.05) is 30.1 Å². The molecule has 1 saturated heterocycles. The minimum absolute atomic E-state index is 0.0414. The number of nitrogens with zero attached hydrogens (tertiary/aromatic N) is 1. The zero-order valence-electron chi connectivity index (χ0n) is 16.1. The van der Waals surface area contributed by atoms with E-state index in [4.69, 9.17) is 21.5 Å². The average Bonchev–Trinajstić information content (AvgIpc) is 2.71. The fraction of sp³-hybridized carbons (Fsp3) is 0.364. The summed E-state index contributed by atoms with van der Waals surface area (Å²) in [7, 11) is 0. The van der Waals surface area contributed by atoms with Crippen LogP contribution in [0.2, 0.25) is 5.02 Å². The van der Waals surface area contributed by atoms with E-state index in [0.29, 0.717) is 29.8 Å². The fourth-order valence-electron chi connectivity index (χ4n) is 3.44. The van der Waals surface area contributed by atoms with E-state index in [1.807, 2.05) is 24.3 Å². The molecule has 3 rings (SSSR count). The second kappa shape index (κ2) is 11.0. The molecule has 29 heavy (non-hydrogen) atoms. The van der Waals surface area contributed by atoms with Gasteiger partial charge in [-0.15, -0.1) is 0 Å². The number of carboxylic acid groups (broad SMARTS) is 1. The Balaban J connectivity index is 0.000000941. The van der Waals surface area contributed by atoms with Crippen LogP contribution >= 0.6 is 11.6 Å². The van der Waals surface area contributed by atoms with Crippen molar-refractivity contribution in [3.8, 4) is 0 Å². The van der Waals surface area contributed by atoms with Crippen molar-refractivity contribution in [1.29, 1.82) is 0 Å². The van der Waals surface area contributed by atoms with E-state index in [1.54, 1.807) is 0 Å². The SMILES string of the molecule is O=C(CCCN1CCC(O)(c2ccc(Cl)cc2)CC1)c1ccc(F)cc1.O=CO. The number of Topliss-reactive ketones (excluding diaryl/α,β-unsaturated/α-hetero) is 1. The Bertz CT molecular complexity index is 787. The Morgan fingerprint density at radius 1 is 1.10 bits per heavy atom. The molecule has 0 bridgehead atoms. The molecule has 156 valence electrons. The lowest BCUT2D eigenvalue weighted by Crippen LogP contribution is -2.42. The minimum Gasteiger partial charge on any atom is -0.483 e. The van der Waals surface area contributed by atoms with Crippen LogP contribution in [-0.4, -0.2) is 47.0 Å². The van der Waals surface area contributed by atoms with E-state index in [0.717, 1.165) is 31.6 Å². The lowest BCUT2D eigenvalue weighted by molar-refractivity contribution is -0.122. The third-order valence-corrected chi connectivity index (χ3v) is 5.36. The van der Waals surface area contributed by atoms with Gasteiger partial charge >= 0.3 is 0 Å². The summed E-state index contributed by atoms with van der Waals surface area (Å²) in [4.78, 5) is 22.8. The monoisotopic (exact) mass is 421 g/mol. The molecule has 2 aromatic rings. The highest BCUT2D eigenvalue weighted by molar-refractivity contribution is 6.30. The largest absolute Gasteiger partial charge is 0.483 e. The van der Waals surface area contributed by atoms with Crippen LogP contribution in [0.1, 0.15) is 41.6 Å². The first-order valence-electron chi connectivity index (χ1n) is 9.45. The number of carbonyl (C=O) groups is 2. The Labute approximate surface area is 174 Å². The molecule has 7 heteroatoms. The zero-order valence-corrected chi connectivity index (χ0v) is 16.8. The molecule has 0 spiro atoms. The van der Waals surface area contributed by atoms with Gasteiger partial charge in [-0.2, -0.15) is 0 Å². The van der Waals surface area contributed by atoms with E-state index >= 15 is 0 Å². The summed E-state index contributed by atoms with van der Waals surface area (Å²) >= 11 is 5.92. The quantitative estimate of drug-likeness (QED) is 0.541. The number of aliphatic hydroxyl groups is 1. The van der Waals surface area contributed by atoms with Crippen molar-refractivity contribution >= 4 is 23.9 Å². The summed E-state index contributed by atoms with van der Waals surface area (Å²) in [6, 6.07) is 13.1. The van der Waals surface area contributed by atoms with Crippen molar-refractivity contribution in [2.24, 2.45) is 0 Å². The second-order valence-corrected chi connectivity index (χ2v) is 7.46. The predicted molar refractivity (Wildman–Crippen MR) is 110 cm³/mol.